The lowest BCUT2D eigenvalue weighted by Gasteiger charge is -2.43. The molecule has 0 radical (unpaired) electrons. The summed E-state index contributed by atoms with van der Waals surface area (Å²) in [6, 6.07) is 14.3. The van der Waals surface area contributed by atoms with Crippen LogP contribution >= 0.6 is 11.6 Å². The fraction of sp³-hybridized carbons (Fsp3) is 0.400. The van der Waals surface area contributed by atoms with Crippen LogP contribution in [0.15, 0.2) is 48.5 Å². The molecule has 4 unspecified atom stereocenters. The van der Waals surface area contributed by atoms with Crippen molar-refractivity contribution in [1.82, 2.24) is 4.90 Å². The van der Waals surface area contributed by atoms with Crippen LogP contribution in [0.1, 0.15) is 11.1 Å². The Morgan fingerprint density at radius 3 is 2.19 bits per heavy atom. The number of nitrogens with zero attached hydrogens (tertiary/aromatic N) is 1. The molecule has 0 amide bonds. The van der Waals surface area contributed by atoms with Gasteiger partial charge >= 0.3 is 0 Å². The van der Waals surface area contributed by atoms with Crippen LogP contribution in [0.5, 0.6) is 5.75 Å². The summed E-state index contributed by atoms with van der Waals surface area (Å²) in [6.45, 7) is 0.751. The number of aliphatic hydroxyl groups is 4. The first-order valence-corrected chi connectivity index (χ1v) is 9.21. The summed E-state index contributed by atoms with van der Waals surface area (Å²) in [5, 5.41) is 39.9. The Balaban J connectivity index is 1.59. The summed E-state index contributed by atoms with van der Waals surface area (Å²) in [5.41, 5.74) is 1.96. The number of hydrogen-bond donors (Lipinski definition) is 4. The SMILES string of the molecule is OCC1C(O)C(O)C(O)CN1Cc1ccc(OCc2ccc(Cl)cc2)cc1. The number of rotatable bonds is 6. The van der Waals surface area contributed by atoms with Crippen molar-refractivity contribution < 1.29 is 25.2 Å². The molecular formula is C20H24ClNO5. The van der Waals surface area contributed by atoms with Gasteiger partial charge in [-0.3, -0.25) is 4.90 Å². The number of ether oxygens (including phenoxy) is 1. The molecule has 0 bridgehead atoms. The molecule has 3 rings (SSSR count). The smallest absolute Gasteiger partial charge is 0.119 e. The van der Waals surface area contributed by atoms with Gasteiger partial charge in [0.05, 0.1) is 18.8 Å². The van der Waals surface area contributed by atoms with Gasteiger partial charge in [0.25, 0.3) is 0 Å². The summed E-state index contributed by atoms with van der Waals surface area (Å²) in [5.74, 6) is 0.724. The molecule has 0 aromatic heterocycles. The van der Waals surface area contributed by atoms with Gasteiger partial charge in [-0.05, 0) is 35.4 Å². The first kappa shape index (κ1) is 20.1. The van der Waals surface area contributed by atoms with Gasteiger partial charge in [0.2, 0.25) is 0 Å². The second-order valence-electron chi connectivity index (χ2n) is 6.79. The van der Waals surface area contributed by atoms with Crippen LogP contribution < -0.4 is 4.74 Å². The zero-order valence-corrected chi connectivity index (χ0v) is 15.5. The molecular weight excluding hydrogens is 370 g/mol. The normalized spacial score (nSPS) is 26.1. The molecule has 0 saturated carbocycles. The van der Waals surface area contributed by atoms with E-state index in [1.807, 2.05) is 48.5 Å². The molecule has 1 fully saturated rings. The van der Waals surface area contributed by atoms with Gasteiger partial charge in [0, 0.05) is 18.1 Å². The molecule has 1 heterocycles. The van der Waals surface area contributed by atoms with Crippen LogP contribution in [0, 0.1) is 0 Å². The summed E-state index contributed by atoms with van der Waals surface area (Å²) in [4.78, 5) is 1.77. The van der Waals surface area contributed by atoms with Crippen molar-refractivity contribution in [1.29, 1.82) is 0 Å². The van der Waals surface area contributed by atoms with Gasteiger partial charge in [-0.2, -0.15) is 0 Å². The molecule has 7 heteroatoms. The molecule has 0 spiro atoms. The Morgan fingerprint density at radius 2 is 1.56 bits per heavy atom. The lowest BCUT2D eigenvalue weighted by atomic mass is 9.94. The van der Waals surface area contributed by atoms with Crippen molar-refractivity contribution in [2.45, 2.75) is 37.5 Å². The summed E-state index contributed by atoms with van der Waals surface area (Å²) >= 11 is 5.87. The molecule has 0 aliphatic carbocycles. The highest BCUT2D eigenvalue weighted by molar-refractivity contribution is 6.30. The zero-order valence-electron chi connectivity index (χ0n) is 14.8. The Bertz CT molecular complexity index is 724. The van der Waals surface area contributed by atoms with E-state index >= 15 is 0 Å². The number of piperidine rings is 1. The minimum absolute atomic E-state index is 0.179. The van der Waals surface area contributed by atoms with Crippen molar-refractivity contribution in [3.05, 3.63) is 64.7 Å². The monoisotopic (exact) mass is 393 g/mol. The second kappa shape index (κ2) is 9.01. The van der Waals surface area contributed by atoms with Crippen molar-refractivity contribution in [3.63, 3.8) is 0 Å². The van der Waals surface area contributed by atoms with E-state index in [-0.39, 0.29) is 13.2 Å². The van der Waals surface area contributed by atoms with Crippen molar-refractivity contribution in [2.24, 2.45) is 0 Å². The van der Waals surface area contributed by atoms with E-state index < -0.39 is 24.4 Å². The van der Waals surface area contributed by atoms with Gasteiger partial charge in [-0.1, -0.05) is 35.9 Å². The maximum atomic E-state index is 10.1. The average Bonchev–Trinajstić information content (AvgIpc) is 2.67. The van der Waals surface area contributed by atoms with Crippen molar-refractivity contribution in [3.8, 4) is 5.75 Å². The zero-order chi connectivity index (χ0) is 19.4. The van der Waals surface area contributed by atoms with Crippen LogP contribution in [-0.2, 0) is 13.2 Å². The van der Waals surface area contributed by atoms with E-state index in [2.05, 4.69) is 0 Å². The minimum atomic E-state index is -1.25. The standard InChI is InChI=1S/C20H24ClNO5/c21-15-5-1-14(2-6-15)12-27-16-7-3-13(4-8-16)9-22-10-18(24)20(26)19(25)17(22)11-23/h1-8,17-20,23-26H,9-12H2. The Hall–Kier alpha value is -1.67. The third kappa shape index (κ3) is 4.99. The van der Waals surface area contributed by atoms with Crippen LogP contribution in [0.4, 0.5) is 0 Å². The average molecular weight is 394 g/mol. The third-order valence-electron chi connectivity index (χ3n) is 4.84. The van der Waals surface area contributed by atoms with E-state index in [1.165, 1.54) is 0 Å². The highest BCUT2D eigenvalue weighted by atomic mass is 35.5. The van der Waals surface area contributed by atoms with Gasteiger partial charge in [-0.15, -0.1) is 0 Å². The summed E-state index contributed by atoms with van der Waals surface area (Å²) < 4.78 is 5.76. The molecule has 1 aliphatic rings. The predicted molar refractivity (Wildman–Crippen MR) is 102 cm³/mol. The third-order valence-corrected chi connectivity index (χ3v) is 5.10. The fourth-order valence-electron chi connectivity index (χ4n) is 3.23. The van der Waals surface area contributed by atoms with Crippen LogP contribution in [0.3, 0.4) is 0 Å². The Kier molecular flexibility index (Phi) is 6.70. The second-order valence-corrected chi connectivity index (χ2v) is 7.22. The molecule has 4 N–H and O–H groups in total. The maximum Gasteiger partial charge on any atom is 0.119 e. The topological polar surface area (TPSA) is 93.4 Å². The lowest BCUT2D eigenvalue weighted by molar-refractivity contribution is -0.147. The van der Waals surface area contributed by atoms with E-state index in [0.29, 0.717) is 18.2 Å². The fourth-order valence-corrected chi connectivity index (χ4v) is 3.36. The maximum absolute atomic E-state index is 10.1. The number of benzene rings is 2. The van der Waals surface area contributed by atoms with E-state index in [4.69, 9.17) is 16.3 Å². The Morgan fingerprint density at radius 1 is 0.926 bits per heavy atom. The van der Waals surface area contributed by atoms with Gasteiger partial charge in [0.15, 0.2) is 0 Å². The molecule has 146 valence electrons. The summed E-state index contributed by atoms with van der Waals surface area (Å²) in [6.07, 6.45) is -3.49. The number of hydrogen-bond acceptors (Lipinski definition) is 6. The number of halogens is 1. The molecule has 4 atom stereocenters. The first-order valence-electron chi connectivity index (χ1n) is 8.83. The van der Waals surface area contributed by atoms with Gasteiger partial charge in [-0.25, -0.2) is 0 Å². The molecule has 1 saturated heterocycles. The first-order chi connectivity index (χ1) is 13.0. The number of likely N-dealkylation sites (tertiary alicyclic amines) is 1. The molecule has 2 aromatic rings. The Labute approximate surface area is 163 Å². The van der Waals surface area contributed by atoms with Crippen molar-refractivity contribution >= 4 is 11.6 Å². The van der Waals surface area contributed by atoms with Crippen molar-refractivity contribution in [2.75, 3.05) is 13.2 Å². The molecule has 2 aromatic carbocycles. The van der Waals surface area contributed by atoms with Gasteiger partial charge in [0.1, 0.15) is 24.6 Å². The lowest BCUT2D eigenvalue weighted by Crippen LogP contribution is -2.62. The number of β-amino-alcohol motifs (C(OH)–C–C–N with tert-alkyl or cyclic N) is 1. The van der Waals surface area contributed by atoms with Crippen LogP contribution in [0.25, 0.3) is 0 Å². The predicted octanol–water partition coefficient (Wildman–Crippen LogP) is 1.18. The quantitative estimate of drug-likeness (QED) is 0.589. The number of aliphatic hydroxyl groups excluding tert-OH is 4. The summed E-state index contributed by atoms with van der Waals surface area (Å²) in [7, 11) is 0. The van der Waals surface area contributed by atoms with Crippen LogP contribution in [0.2, 0.25) is 5.02 Å². The molecule has 6 nitrogen and oxygen atoms in total. The van der Waals surface area contributed by atoms with E-state index in [1.54, 1.807) is 4.90 Å². The van der Waals surface area contributed by atoms with E-state index in [0.717, 1.165) is 16.9 Å². The van der Waals surface area contributed by atoms with Gasteiger partial charge < -0.3 is 25.2 Å². The highest BCUT2D eigenvalue weighted by Crippen LogP contribution is 2.22. The molecule has 1 aliphatic heterocycles. The highest BCUT2D eigenvalue weighted by Gasteiger charge is 2.40. The largest absolute Gasteiger partial charge is 0.489 e. The van der Waals surface area contributed by atoms with Crippen LogP contribution in [-0.4, -0.2) is 62.8 Å². The molecule has 27 heavy (non-hydrogen) atoms. The van der Waals surface area contributed by atoms with E-state index in [9.17, 15) is 20.4 Å². The minimum Gasteiger partial charge on any atom is -0.489 e.